The largest absolute Gasteiger partial charge is 0.355 e. The molecule has 2 rings (SSSR count). The Morgan fingerprint density at radius 2 is 1.31 bits per heavy atom. The third kappa shape index (κ3) is 7.12. The lowest BCUT2D eigenvalue weighted by Crippen LogP contribution is -2.43. The molecule has 0 aromatic heterocycles. The third-order valence-corrected chi connectivity index (χ3v) is 3.50. The monoisotopic (exact) mass is 357 g/mol. The Morgan fingerprint density at radius 1 is 0.731 bits per heavy atom. The first kappa shape index (κ1) is 19.1. The van der Waals surface area contributed by atoms with Crippen molar-refractivity contribution in [2.24, 2.45) is 0 Å². The Morgan fingerprint density at radius 3 is 2.00 bits per heavy atom. The highest BCUT2D eigenvalue weighted by atomic mass is 19.1. The fourth-order valence-electron chi connectivity index (χ4n) is 2.19. The molecule has 0 atom stereocenters. The summed E-state index contributed by atoms with van der Waals surface area (Å²) in [5, 5.41) is 2.65. The molecule has 0 spiro atoms. The summed E-state index contributed by atoms with van der Waals surface area (Å²) in [6.07, 6.45) is 0.308. The van der Waals surface area contributed by atoms with E-state index in [0.717, 1.165) is 5.56 Å². The summed E-state index contributed by atoms with van der Waals surface area (Å²) in [6.45, 7) is 0.172. The van der Waals surface area contributed by atoms with Gasteiger partial charge in [0.1, 0.15) is 5.82 Å². The van der Waals surface area contributed by atoms with Crippen LogP contribution in [0.15, 0.2) is 54.6 Å². The van der Waals surface area contributed by atoms with E-state index in [0.29, 0.717) is 5.56 Å². The first-order chi connectivity index (χ1) is 12.5. The van der Waals surface area contributed by atoms with Gasteiger partial charge in [0.15, 0.2) is 0 Å². The number of rotatable bonds is 7. The van der Waals surface area contributed by atoms with Crippen LogP contribution in [-0.2, 0) is 27.2 Å². The Hall–Kier alpha value is -3.22. The molecular formula is C19H20FN3O3. The summed E-state index contributed by atoms with van der Waals surface area (Å²) in [4.78, 5) is 35.1. The van der Waals surface area contributed by atoms with Crippen LogP contribution in [0.4, 0.5) is 4.39 Å². The number of amides is 3. The Balaban J connectivity index is 1.60. The van der Waals surface area contributed by atoms with Gasteiger partial charge in [0.05, 0.1) is 12.8 Å². The summed E-state index contributed by atoms with van der Waals surface area (Å²) in [5.41, 5.74) is 6.07. The van der Waals surface area contributed by atoms with Gasteiger partial charge >= 0.3 is 0 Å². The first-order valence-corrected chi connectivity index (χ1v) is 8.15. The van der Waals surface area contributed by atoms with Crippen LogP contribution in [0.25, 0.3) is 0 Å². The zero-order valence-corrected chi connectivity index (χ0v) is 14.1. The van der Waals surface area contributed by atoms with E-state index in [4.69, 9.17) is 0 Å². The number of carbonyl (C=O) groups is 3. The van der Waals surface area contributed by atoms with E-state index < -0.39 is 11.8 Å². The van der Waals surface area contributed by atoms with Gasteiger partial charge in [0.2, 0.25) is 17.7 Å². The molecule has 2 aromatic carbocycles. The van der Waals surface area contributed by atoms with Gasteiger partial charge in [-0.2, -0.15) is 0 Å². The molecule has 0 radical (unpaired) electrons. The lowest BCUT2D eigenvalue weighted by molar-refractivity contribution is -0.128. The number of hydrogen-bond acceptors (Lipinski definition) is 3. The predicted octanol–water partition coefficient (Wildman–Crippen LogP) is 1.26. The zero-order valence-electron chi connectivity index (χ0n) is 14.1. The Bertz CT molecular complexity index is 748. The maximum absolute atomic E-state index is 12.8. The lowest BCUT2D eigenvalue weighted by atomic mass is 10.1. The average Bonchev–Trinajstić information content (AvgIpc) is 2.63. The van der Waals surface area contributed by atoms with Gasteiger partial charge in [-0.15, -0.1) is 0 Å². The minimum atomic E-state index is -0.419. The number of halogens is 1. The van der Waals surface area contributed by atoms with Crippen LogP contribution >= 0.6 is 0 Å². The van der Waals surface area contributed by atoms with Gasteiger partial charge in [0.25, 0.3) is 0 Å². The SMILES string of the molecule is O=C(Cc1ccccc1)NCCC(=O)NNC(=O)Cc1ccc(F)cc1. The normalized spacial score (nSPS) is 10.0. The van der Waals surface area contributed by atoms with Crippen molar-refractivity contribution < 1.29 is 18.8 Å². The molecule has 3 amide bonds. The van der Waals surface area contributed by atoms with E-state index in [1.54, 1.807) is 0 Å². The highest BCUT2D eigenvalue weighted by Crippen LogP contribution is 2.03. The van der Waals surface area contributed by atoms with Crippen LogP contribution in [0.1, 0.15) is 17.5 Å². The van der Waals surface area contributed by atoms with E-state index in [-0.39, 0.29) is 37.5 Å². The molecular weight excluding hydrogens is 337 g/mol. The van der Waals surface area contributed by atoms with Crippen molar-refractivity contribution in [3.63, 3.8) is 0 Å². The predicted molar refractivity (Wildman–Crippen MR) is 94.2 cm³/mol. The van der Waals surface area contributed by atoms with Gasteiger partial charge < -0.3 is 5.32 Å². The summed E-state index contributed by atoms with van der Waals surface area (Å²) >= 11 is 0. The second-order valence-corrected chi connectivity index (χ2v) is 5.66. The quantitative estimate of drug-likeness (QED) is 0.652. The number of nitrogens with one attached hydrogen (secondary N) is 3. The van der Waals surface area contributed by atoms with Gasteiger partial charge in [-0.05, 0) is 23.3 Å². The van der Waals surface area contributed by atoms with Crippen molar-refractivity contribution in [1.29, 1.82) is 0 Å². The summed E-state index contributed by atoms with van der Waals surface area (Å²) < 4.78 is 12.8. The molecule has 0 aliphatic carbocycles. The summed E-state index contributed by atoms with van der Waals surface area (Å²) in [5.74, 6) is -1.39. The zero-order chi connectivity index (χ0) is 18.8. The molecule has 136 valence electrons. The van der Waals surface area contributed by atoms with E-state index in [9.17, 15) is 18.8 Å². The maximum atomic E-state index is 12.8. The minimum absolute atomic E-state index is 0.0222. The van der Waals surface area contributed by atoms with E-state index in [1.807, 2.05) is 30.3 Å². The molecule has 0 fully saturated rings. The van der Waals surface area contributed by atoms with Gasteiger partial charge in [-0.1, -0.05) is 42.5 Å². The number of hydrazine groups is 1. The van der Waals surface area contributed by atoms with Crippen LogP contribution in [0.3, 0.4) is 0 Å². The molecule has 0 aliphatic heterocycles. The second-order valence-electron chi connectivity index (χ2n) is 5.66. The summed E-state index contributed by atoms with van der Waals surface area (Å²) in [7, 11) is 0. The van der Waals surface area contributed by atoms with Crippen molar-refractivity contribution in [2.45, 2.75) is 19.3 Å². The molecule has 0 aliphatic rings. The van der Waals surface area contributed by atoms with Crippen molar-refractivity contribution in [3.05, 3.63) is 71.5 Å². The van der Waals surface area contributed by atoms with Crippen LogP contribution in [0.2, 0.25) is 0 Å². The van der Waals surface area contributed by atoms with Crippen LogP contribution in [-0.4, -0.2) is 24.3 Å². The van der Waals surface area contributed by atoms with E-state index >= 15 is 0 Å². The van der Waals surface area contributed by atoms with Crippen molar-refractivity contribution >= 4 is 17.7 Å². The molecule has 0 heterocycles. The maximum Gasteiger partial charge on any atom is 0.242 e. The number of hydrogen-bond donors (Lipinski definition) is 3. The fraction of sp³-hybridized carbons (Fsp3) is 0.211. The first-order valence-electron chi connectivity index (χ1n) is 8.15. The smallest absolute Gasteiger partial charge is 0.242 e. The van der Waals surface area contributed by atoms with E-state index in [1.165, 1.54) is 24.3 Å². The van der Waals surface area contributed by atoms with Crippen molar-refractivity contribution in [3.8, 4) is 0 Å². The van der Waals surface area contributed by atoms with Crippen LogP contribution in [0, 0.1) is 5.82 Å². The topological polar surface area (TPSA) is 87.3 Å². The highest BCUT2D eigenvalue weighted by molar-refractivity contribution is 5.84. The molecule has 3 N–H and O–H groups in total. The molecule has 0 saturated carbocycles. The van der Waals surface area contributed by atoms with E-state index in [2.05, 4.69) is 16.2 Å². The standard InChI is InChI=1S/C19H20FN3O3/c20-16-8-6-15(7-9-16)13-19(26)23-22-17(24)10-11-21-18(25)12-14-4-2-1-3-5-14/h1-9H,10-13H2,(H,21,25)(H,22,24)(H,23,26). The summed E-state index contributed by atoms with van der Waals surface area (Å²) in [6, 6.07) is 14.8. The van der Waals surface area contributed by atoms with Gasteiger partial charge in [0, 0.05) is 13.0 Å². The molecule has 0 bridgehead atoms. The molecule has 6 nitrogen and oxygen atoms in total. The average molecular weight is 357 g/mol. The lowest BCUT2D eigenvalue weighted by Gasteiger charge is -2.08. The number of benzene rings is 2. The van der Waals surface area contributed by atoms with Crippen molar-refractivity contribution in [1.82, 2.24) is 16.2 Å². The van der Waals surface area contributed by atoms with Gasteiger partial charge in [-0.3, -0.25) is 25.2 Å². The Labute approximate surface area is 150 Å². The molecule has 0 saturated heterocycles. The van der Waals surface area contributed by atoms with Gasteiger partial charge in [-0.25, -0.2) is 4.39 Å². The van der Waals surface area contributed by atoms with Crippen LogP contribution < -0.4 is 16.2 Å². The minimum Gasteiger partial charge on any atom is -0.355 e. The molecule has 0 unspecified atom stereocenters. The Kier molecular flexibility index (Phi) is 7.30. The second kappa shape index (κ2) is 9.93. The van der Waals surface area contributed by atoms with Crippen molar-refractivity contribution in [2.75, 3.05) is 6.54 Å². The third-order valence-electron chi connectivity index (χ3n) is 3.50. The van der Waals surface area contributed by atoms with Crippen LogP contribution in [0.5, 0.6) is 0 Å². The number of carbonyl (C=O) groups excluding carboxylic acids is 3. The molecule has 26 heavy (non-hydrogen) atoms. The molecule has 7 heteroatoms. The molecule has 2 aromatic rings. The fourth-order valence-corrected chi connectivity index (χ4v) is 2.19. The highest BCUT2D eigenvalue weighted by Gasteiger charge is 2.07.